The van der Waals surface area contributed by atoms with Gasteiger partial charge in [0, 0.05) is 18.0 Å². The van der Waals surface area contributed by atoms with Crippen LogP contribution < -0.4 is 5.32 Å². The Morgan fingerprint density at radius 1 is 1.69 bits per heavy atom. The quantitative estimate of drug-likeness (QED) is 0.700. The zero-order valence-electron chi connectivity index (χ0n) is 8.05. The van der Waals surface area contributed by atoms with Crippen molar-refractivity contribution >= 4 is 5.91 Å². The van der Waals surface area contributed by atoms with Gasteiger partial charge >= 0.3 is 0 Å². The molecule has 0 fully saturated rings. The summed E-state index contributed by atoms with van der Waals surface area (Å²) in [7, 11) is 0. The van der Waals surface area contributed by atoms with Crippen LogP contribution in [0.4, 0.5) is 0 Å². The lowest BCUT2D eigenvalue weighted by atomic mass is 9.88. The highest BCUT2D eigenvalue weighted by atomic mass is 16.1. The number of amides is 1. The van der Waals surface area contributed by atoms with Crippen molar-refractivity contribution in [1.82, 2.24) is 5.32 Å². The molecule has 1 N–H and O–H groups in total. The number of nitrogens with zero attached hydrogens (tertiary/aromatic N) is 1. The van der Waals surface area contributed by atoms with E-state index in [0.29, 0.717) is 6.42 Å². The summed E-state index contributed by atoms with van der Waals surface area (Å²) in [5.74, 6) is 0.179. The lowest BCUT2D eigenvalue weighted by Gasteiger charge is -2.22. The van der Waals surface area contributed by atoms with E-state index in [0.717, 1.165) is 24.1 Å². The van der Waals surface area contributed by atoms with Crippen LogP contribution in [0.1, 0.15) is 33.1 Å². The highest BCUT2D eigenvalue weighted by Gasteiger charge is 2.24. The highest BCUT2D eigenvalue weighted by Crippen LogP contribution is 2.25. The van der Waals surface area contributed by atoms with Crippen LogP contribution in [-0.4, -0.2) is 5.91 Å². The fraction of sp³-hybridized carbons (Fsp3) is 0.600. The summed E-state index contributed by atoms with van der Waals surface area (Å²) in [4.78, 5) is 11.2. The SMILES string of the molecule is CCC[C@H]1CC(=O)NC(C)=C1C#N. The second kappa shape index (κ2) is 4.08. The van der Waals surface area contributed by atoms with Crippen molar-refractivity contribution in [2.45, 2.75) is 33.1 Å². The summed E-state index contributed by atoms with van der Waals surface area (Å²) in [5.41, 5.74) is 1.48. The van der Waals surface area contributed by atoms with E-state index in [2.05, 4.69) is 18.3 Å². The maximum Gasteiger partial charge on any atom is 0.224 e. The Bertz CT molecular complexity index is 286. The van der Waals surface area contributed by atoms with Gasteiger partial charge < -0.3 is 5.32 Å². The van der Waals surface area contributed by atoms with Crippen molar-refractivity contribution in [3.05, 3.63) is 11.3 Å². The molecule has 0 unspecified atom stereocenters. The second-order valence-corrected chi connectivity index (χ2v) is 3.39. The monoisotopic (exact) mass is 178 g/mol. The van der Waals surface area contributed by atoms with Crippen LogP contribution >= 0.6 is 0 Å². The Kier molecular flexibility index (Phi) is 3.07. The normalized spacial score (nSPS) is 22.5. The molecule has 70 valence electrons. The predicted octanol–water partition coefficient (Wildman–Crippen LogP) is 1.72. The standard InChI is InChI=1S/C10H14N2O/c1-3-4-8-5-10(13)12-7(2)9(8)6-11/h8H,3-5H2,1-2H3,(H,12,13)/t8-/m0/s1. The van der Waals surface area contributed by atoms with E-state index in [9.17, 15) is 4.79 Å². The summed E-state index contributed by atoms with van der Waals surface area (Å²) in [5, 5.41) is 11.6. The van der Waals surface area contributed by atoms with Crippen molar-refractivity contribution in [3.63, 3.8) is 0 Å². The Hall–Kier alpha value is -1.30. The molecule has 3 heteroatoms. The van der Waals surface area contributed by atoms with Gasteiger partial charge in [-0.1, -0.05) is 13.3 Å². The van der Waals surface area contributed by atoms with E-state index in [1.807, 2.05) is 0 Å². The largest absolute Gasteiger partial charge is 0.329 e. The second-order valence-electron chi connectivity index (χ2n) is 3.39. The van der Waals surface area contributed by atoms with Crippen molar-refractivity contribution in [2.24, 2.45) is 5.92 Å². The Balaban J connectivity index is 2.88. The van der Waals surface area contributed by atoms with Gasteiger partial charge in [0.1, 0.15) is 0 Å². The molecule has 0 bridgehead atoms. The third kappa shape index (κ3) is 2.09. The molecule has 1 rings (SSSR count). The highest BCUT2D eigenvalue weighted by molar-refractivity contribution is 5.80. The first-order valence-electron chi connectivity index (χ1n) is 4.59. The molecule has 3 nitrogen and oxygen atoms in total. The number of carbonyl (C=O) groups is 1. The molecular weight excluding hydrogens is 164 g/mol. The number of allylic oxidation sites excluding steroid dienone is 2. The van der Waals surface area contributed by atoms with Crippen LogP contribution in [0, 0.1) is 17.2 Å². The van der Waals surface area contributed by atoms with Gasteiger partial charge in [-0.3, -0.25) is 4.79 Å². The summed E-state index contributed by atoms with van der Waals surface area (Å²) in [6, 6.07) is 2.17. The minimum Gasteiger partial charge on any atom is -0.329 e. The number of nitriles is 1. The molecule has 0 aliphatic carbocycles. The lowest BCUT2D eigenvalue weighted by molar-refractivity contribution is -0.121. The third-order valence-electron chi connectivity index (χ3n) is 2.33. The average molecular weight is 178 g/mol. The molecule has 13 heavy (non-hydrogen) atoms. The van der Waals surface area contributed by atoms with Gasteiger partial charge in [0.25, 0.3) is 0 Å². The minimum atomic E-state index is 0.0370. The van der Waals surface area contributed by atoms with Crippen LogP contribution in [0.5, 0.6) is 0 Å². The van der Waals surface area contributed by atoms with E-state index in [4.69, 9.17) is 5.26 Å². The van der Waals surface area contributed by atoms with E-state index in [1.165, 1.54) is 0 Å². The van der Waals surface area contributed by atoms with Gasteiger partial charge in [-0.25, -0.2) is 0 Å². The molecule has 0 spiro atoms. The molecule has 1 heterocycles. The van der Waals surface area contributed by atoms with Gasteiger partial charge in [-0.15, -0.1) is 0 Å². The van der Waals surface area contributed by atoms with Gasteiger partial charge in [0.15, 0.2) is 0 Å². The van der Waals surface area contributed by atoms with Crippen molar-refractivity contribution in [2.75, 3.05) is 0 Å². The molecule has 1 aliphatic heterocycles. The number of hydrogen-bond donors (Lipinski definition) is 1. The Labute approximate surface area is 78.4 Å². The molecule has 0 aromatic rings. The molecule has 0 radical (unpaired) electrons. The zero-order chi connectivity index (χ0) is 9.84. The maximum atomic E-state index is 11.2. The molecule has 0 aromatic carbocycles. The number of rotatable bonds is 2. The molecule has 1 aliphatic rings. The number of carbonyl (C=O) groups excluding carboxylic acids is 1. The molecule has 0 aromatic heterocycles. The molecular formula is C10H14N2O. The fourth-order valence-corrected chi connectivity index (χ4v) is 1.73. The van der Waals surface area contributed by atoms with Gasteiger partial charge in [0.05, 0.1) is 11.6 Å². The van der Waals surface area contributed by atoms with Crippen LogP contribution in [0.2, 0.25) is 0 Å². The lowest BCUT2D eigenvalue weighted by Crippen LogP contribution is -2.31. The summed E-state index contributed by atoms with van der Waals surface area (Å²) in [6.07, 6.45) is 2.40. The van der Waals surface area contributed by atoms with Gasteiger partial charge in [0.2, 0.25) is 5.91 Å². The van der Waals surface area contributed by atoms with Crippen LogP contribution in [0.15, 0.2) is 11.3 Å². The molecule has 1 atom stereocenters. The van der Waals surface area contributed by atoms with Crippen LogP contribution in [0.3, 0.4) is 0 Å². The Morgan fingerprint density at radius 2 is 2.38 bits per heavy atom. The molecule has 1 amide bonds. The van der Waals surface area contributed by atoms with Crippen molar-refractivity contribution < 1.29 is 4.79 Å². The Morgan fingerprint density at radius 3 is 2.92 bits per heavy atom. The zero-order valence-corrected chi connectivity index (χ0v) is 8.05. The third-order valence-corrected chi connectivity index (χ3v) is 2.33. The fourth-order valence-electron chi connectivity index (χ4n) is 1.73. The first kappa shape index (κ1) is 9.79. The summed E-state index contributed by atoms with van der Waals surface area (Å²) >= 11 is 0. The summed E-state index contributed by atoms with van der Waals surface area (Å²) in [6.45, 7) is 3.86. The first-order valence-corrected chi connectivity index (χ1v) is 4.59. The number of hydrogen-bond acceptors (Lipinski definition) is 2. The van der Waals surface area contributed by atoms with E-state index in [1.54, 1.807) is 6.92 Å². The van der Waals surface area contributed by atoms with E-state index < -0.39 is 0 Å². The van der Waals surface area contributed by atoms with Crippen LogP contribution in [0.25, 0.3) is 0 Å². The number of nitrogens with one attached hydrogen (secondary N) is 1. The smallest absolute Gasteiger partial charge is 0.224 e. The molecule has 0 saturated heterocycles. The van der Waals surface area contributed by atoms with Crippen molar-refractivity contribution in [1.29, 1.82) is 5.26 Å². The van der Waals surface area contributed by atoms with Crippen molar-refractivity contribution in [3.8, 4) is 6.07 Å². The topological polar surface area (TPSA) is 52.9 Å². The maximum absolute atomic E-state index is 11.2. The van der Waals surface area contributed by atoms with Gasteiger partial charge in [-0.05, 0) is 13.3 Å². The van der Waals surface area contributed by atoms with Crippen LogP contribution in [-0.2, 0) is 4.79 Å². The first-order chi connectivity index (χ1) is 6.19. The summed E-state index contributed by atoms with van der Waals surface area (Å²) < 4.78 is 0. The minimum absolute atomic E-state index is 0.0370. The average Bonchev–Trinajstić information content (AvgIpc) is 2.04. The molecule has 0 saturated carbocycles. The predicted molar refractivity (Wildman–Crippen MR) is 49.5 cm³/mol. The van der Waals surface area contributed by atoms with E-state index in [-0.39, 0.29) is 11.8 Å². The van der Waals surface area contributed by atoms with Gasteiger partial charge in [-0.2, -0.15) is 5.26 Å². The van der Waals surface area contributed by atoms with E-state index >= 15 is 0 Å².